The lowest BCUT2D eigenvalue weighted by Crippen LogP contribution is -2.43. The second-order valence-electron chi connectivity index (χ2n) is 5.55. The van der Waals surface area contributed by atoms with Gasteiger partial charge in [0.25, 0.3) is 0 Å². The van der Waals surface area contributed by atoms with Gasteiger partial charge in [-0.2, -0.15) is 0 Å². The smallest absolute Gasteiger partial charge is 0.249 e. The van der Waals surface area contributed by atoms with Crippen LogP contribution < -0.4 is 19.5 Å². The van der Waals surface area contributed by atoms with Gasteiger partial charge in [-0.3, -0.25) is 19.7 Å². The van der Waals surface area contributed by atoms with E-state index in [0.717, 1.165) is 0 Å². The van der Waals surface area contributed by atoms with Crippen LogP contribution in [-0.4, -0.2) is 56.5 Å². The van der Waals surface area contributed by atoms with Gasteiger partial charge in [0.15, 0.2) is 11.5 Å². The van der Waals surface area contributed by atoms with Crippen LogP contribution in [0.25, 0.3) is 6.08 Å². The Balaban J connectivity index is 2.23. The van der Waals surface area contributed by atoms with Crippen LogP contribution in [0.15, 0.2) is 18.2 Å². The standard InChI is InChI=1S/C18H22N2O6/c1-5-20(12-10-15(21)19-18(12)23)16(22)7-6-11-8-13(24-2)17(26-4)14(9-11)25-3/h6-9,12H,5,10H2,1-4H3,(H,19,21,23)/b7-6-/t12-/m1/s1. The topological polar surface area (TPSA) is 94.2 Å². The van der Waals surface area contributed by atoms with E-state index in [1.54, 1.807) is 25.1 Å². The van der Waals surface area contributed by atoms with E-state index in [9.17, 15) is 14.4 Å². The van der Waals surface area contributed by atoms with Crippen molar-refractivity contribution in [2.24, 2.45) is 0 Å². The van der Waals surface area contributed by atoms with Gasteiger partial charge in [-0.05, 0) is 30.7 Å². The molecule has 2 rings (SSSR count). The van der Waals surface area contributed by atoms with Gasteiger partial charge in [-0.15, -0.1) is 0 Å². The van der Waals surface area contributed by atoms with Gasteiger partial charge in [-0.25, -0.2) is 0 Å². The van der Waals surface area contributed by atoms with Gasteiger partial charge in [0.05, 0.1) is 27.8 Å². The molecule has 0 spiro atoms. The summed E-state index contributed by atoms with van der Waals surface area (Å²) in [7, 11) is 4.52. The second-order valence-corrected chi connectivity index (χ2v) is 5.55. The Morgan fingerprint density at radius 2 is 1.81 bits per heavy atom. The highest BCUT2D eigenvalue weighted by atomic mass is 16.5. The number of benzene rings is 1. The van der Waals surface area contributed by atoms with Crippen LogP contribution in [0.3, 0.4) is 0 Å². The van der Waals surface area contributed by atoms with Gasteiger partial charge in [0.1, 0.15) is 6.04 Å². The first-order valence-corrected chi connectivity index (χ1v) is 8.07. The molecule has 140 valence electrons. The number of carbonyl (C=O) groups is 3. The summed E-state index contributed by atoms with van der Waals surface area (Å²) in [5.74, 6) is 0.191. The number of imide groups is 1. The van der Waals surface area contributed by atoms with E-state index in [-0.39, 0.29) is 18.2 Å². The van der Waals surface area contributed by atoms with Crippen LogP contribution in [-0.2, 0) is 14.4 Å². The molecule has 1 aromatic rings. The Morgan fingerprint density at radius 1 is 1.19 bits per heavy atom. The molecule has 1 N–H and O–H groups in total. The van der Waals surface area contributed by atoms with Gasteiger partial charge in [0.2, 0.25) is 23.5 Å². The molecule has 8 nitrogen and oxygen atoms in total. The zero-order valence-corrected chi connectivity index (χ0v) is 15.2. The van der Waals surface area contributed by atoms with E-state index in [1.165, 1.54) is 32.3 Å². The average Bonchev–Trinajstić information content (AvgIpc) is 2.97. The SMILES string of the molecule is CCN(C(=O)/C=C\c1cc(OC)c(OC)c(OC)c1)[C@@H]1CC(=O)NC1=O. The molecular weight excluding hydrogens is 340 g/mol. The third-order valence-electron chi connectivity index (χ3n) is 4.05. The second kappa shape index (κ2) is 8.37. The molecular formula is C18H22N2O6. The number of rotatable bonds is 7. The first kappa shape index (κ1) is 19.3. The summed E-state index contributed by atoms with van der Waals surface area (Å²) in [5, 5.41) is 2.21. The molecule has 26 heavy (non-hydrogen) atoms. The van der Waals surface area contributed by atoms with Crippen molar-refractivity contribution in [2.75, 3.05) is 27.9 Å². The number of hydrogen-bond donors (Lipinski definition) is 1. The number of ether oxygens (including phenoxy) is 3. The maximum atomic E-state index is 12.5. The van der Waals surface area contributed by atoms with Crippen LogP contribution in [0.1, 0.15) is 18.9 Å². The van der Waals surface area contributed by atoms with Crippen molar-refractivity contribution >= 4 is 23.8 Å². The Hall–Kier alpha value is -3.03. The summed E-state index contributed by atoms with van der Waals surface area (Å²) in [6, 6.07) is 2.63. The van der Waals surface area contributed by atoms with E-state index in [0.29, 0.717) is 29.4 Å². The average molecular weight is 362 g/mol. The predicted octanol–water partition coefficient (Wildman–Crippen LogP) is 0.989. The highest BCUT2D eigenvalue weighted by Crippen LogP contribution is 2.38. The van der Waals surface area contributed by atoms with Crippen molar-refractivity contribution in [1.82, 2.24) is 10.2 Å². The van der Waals surface area contributed by atoms with Crippen molar-refractivity contribution in [1.29, 1.82) is 0 Å². The van der Waals surface area contributed by atoms with E-state index < -0.39 is 11.9 Å². The van der Waals surface area contributed by atoms with Crippen molar-refractivity contribution in [3.05, 3.63) is 23.8 Å². The zero-order valence-electron chi connectivity index (χ0n) is 15.2. The van der Waals surface area contributed by atoms with Crippen LogP contribution in [0, 0.1) is 0 Å². The fourth-order valence-corrected chi connectivity index (χ4v) is 2.78. The minimum atomic E-state index is -0.774. The lowest BCUT2D eigenvalue weighted by atomic mass is 10.1. The normalized spacial score (nSPS) is 16.5. The third-order valence-corrected chi connectivity index (χ3v) is 4.05. The van der Waals surface area contributed by atoms with E-state index in [4.69, 9.17) is 14.2 Å². The highest BCUT2D eigenvalue weighted by molar-refractivity contribution is 6.07. The van der Waals surface area contributed by atoms with Crippen molar-refractivity contribution in [3.63, 3.8) is 0 Å². The molecule has 1 saturated heterocycles. The zero-order chi connectivity index (χ0) is 19.3. The van der Waals surface area contributed by atoms with Gasteiger partial charge < -0.3 is 19.1 Å². The Kier molecular flexibility index (Phi) is 6.21. The number of nitrogens with zero attached hydrogens (tertiary/aromatic N) is 1. The van der Waals surface area contributed by atoms with Crippen molar-refractivity contribution in [2.45, 2.75) is 19.4 Å². The molecule has 0 radical (unpaired) electrons. The monoisotopic (exact) mass is 362 g/mol. The summed E-state index contributed by atoms with van der Waals surface area (Å²) < 4.78 is 15.8. The Morgan fingerprint density at radius 3 is 2.23 bits per heavy atom. The summed E-state index contributed by atoms with van der Waals surface area (Å²) in [5.41, 5.74) is 0.663. The molecule has 0 aromatic heterocycles. The minimum absolute atomic E-state index is 0.0174. The number of likely N-dealkylation sites (N-methyl/N-ethyl adjacent to an activating group) is 1. The fourth-order valence-electron chi connectivity index (χ4n) is 2.78. The molecule has 0 bridgehead atoms. The predicted molar refractivity (Wildman–Crippen MR) is 94.1 cm³/mol. The number of nitrogens with one attached hydrogen (secondary N) is 1. The Labute approximate surface area is 151 Å². The number of amides is 3. The lowest BCUT2D eigenvalue weighted by molar-refractivity contribution is -0.135. The maximum absolute atomic E-state index is 12.5. The van der Waals surface area contributed by atoms with Crippen LogP contribution in [0.2, 0.25) is 0 Å². The molecule has 0 saturated carbocycles. The van der Waals surface area contributed by atoms with Crippen LogP contribution >= 0.6 is 0 Å². The van der Waals surface area contributed by atoms with E-state index in [1.807, 2.05) is 0 Å². The van der Waals surface area contributed by atoms with Gasteiger partial charge in [-0.1, -0.05) is 0 Å². The Bertz CT molecular complexity index is 718. The fraction of sp³-hybridized carbons (Fsp3) is 0.389. The molecule has 1 atom stereocenters. The van der Waals surface area contributed by atoms with E-state index >= 15 is 0 Å². The quantitative estimate of drug-likeness (QED) is 0.574. The molecule has 3 amide bonds. The first-order valence-electron chi connectivity index (χ1n) is 8.07. The van der Waals surface area contributed by atoms with Crippen LogP contribution in [0.5, 0.6) is 17.2 Å². The molecule has 1 aliphatic rings. The molecule has 1 aromatic carbocycles. The third kappa shape index (κ3) is 3.96. The molecule has 0 aliphatic carbocycles. The molecule has 1 heterocycles. The van der Waals surface area contributed by atoms with Gasteiger partial charge >= 0.3 is 0 Å². The lowest BCUT2D eigenvalue weighted by Gasteiger charge is -2.23. The van der Waals surface area contributed by atoms with E-state index in [2.05, 4.69) is 5.32 Å². The summed E-state index contributed by atoms with van der Waals surface area (Å²) in [4.78, 5) is 37.0. The summed E-state index contributed by atoms with van der Waals surface area (Å²) in [6.45, 7) is 2.06. The molecule has 0 unspecified atom stereocenters. The first-order chi connectivity index (χ1) is 12.4. The largest absolute Gasteiger partial charge is 0.493 e. The molecule has 1 fully saturated rings. The van der Waals surface area contributed by atoms with Crippen molar-refractivity contribution in [3.8, 4) is 17.2 Å². The van der Waals surface area contributed by atoms with Crippen LogP contribution in [0.4, 0.5) is 0 Å². The number of methoxy groups -OCH3 is 3. The molecule has 8 heteroatoms. The summed E-state index contributed by atoms with van der Waals surface area (Å²) >= 11 is 0. The van der Waals surface area contributed by atoms with Gasteiger partial charge in [0, 0.05) is 12.6 Å². The molecule has 1 aliphatic heterocycles. The maximum Gasteiger partial charge on any atom is 0.249 e. The minimum Gasteiger partial charge on any atom is -0.493 e. The number of carbonyl (C=O) groups excluding carboxylic acids is 3. The number of hydrogen-bond acceptors (Lipinski definition) is 6. The van der Waals surface area contributed by atoms with Crippen molar-refractivity contribution < 1.29 is 28.6 Å². The highest BCUT2D eigenvalue weighted by Gasteiger charge is 2.36. The summed E-state index contributed by atoms with van der Waals surface area (Å²) in [6.07, 6.45) is 2.92.